The minimum atomic E-state index is 0.293. The topological polar surface area (TPSA) is 21.3 Å². The van der Waals surface area contributed by atoms with E-state index in [0.29, 0.717) is 12.6 Å². The molecule has 0 amide bonds. The molecule has 0 aromatic heterocycles. The molecule has 21 heavy (non-hydrogen) atoms. The number of ether oxygens (including phenoxy) is 1. The van der Waals surface area contributed by atoms with Gasteiger partial charge in [-0.05, 0) is 39.1 Å². The Hall–Kier alpha value is -1.45. The summed E-state index contributed by atoms with van der Waals surface area (Å²) in [5.41, 5.74) is 2.49. The molecule has 1 N–H and O–H groups in total. The van der Waals surface area contributed by atoms with E-state index in [1.54, 1.807) is 0 Å². The quantitative estimate of drug-likeness (QED) is 0.603. The molecular weight excluding hydrogens is 278 g/mol. The first-order chi connectivity index (χ1) is 10.2. The molecule has 0 heterocycles. The van der Waals surface area contributed by atoms with Crippen LogP contribution < -0.4 is 10.1 Å². The van der Waals surface area contributed by atoms with Crippen molar-refractivity contribution in [1.82, 2.24) is 5.32 Å². The van der Waals surface area contributed by atoms with E-state index in [4.69, 9.17) is 4.74 Å². The van der Waals surface area contributed by atoms with Crippen molar-refractivity contribution < 1.29 is 4.74 Å². The highest BCUT2D eigenvalue weighted by Crippen LogP contribution is 2.26. The maximum Gasteiger partial charge on any atom is 0.124 e. The first kappa shape index (κ1) is 15.9. The van der Waals surface area contributed by atoms with E-state index in [2.05, 4.69) is 61.6 Å². The summed E-state index contributed by atoms with van der Waals surface area (Å²) in [6.45, 7) is 4.98. The van der Waals surface area contributed by atoms with Gasteiger partial charge in [-0.2, -0.15) is 0 Å². The molecule has 0 spiro atoms. The van der Waals surface area contributed by atoms with Crippen molar-refractivity contribution in [3.8, 4) is 5.75 Å². The number of aryl methyl sites for hydroxylation is 1. The SMILES string of the molecule is CNC(C)c1cc(C)ccc1OCCSc1ccccc1. The number of hydrogen-bond donors (Lipinski definition) is 1. The zero-order valence-electron chi connectivity index (χ0n) is 12.9. The molecule has 0 fully saturated rings. The minimum Gasteiger partial charge on any atom is -0.492 e. The van der Waals surface area contributed by atoms with Crippen LogP contribution in [0.3, 0.4) is 0 Å². The summed E-state index contributed by atoms with van der Waals surface area (Å²) in [6.07, 6.45) is 0. The van der Waals surface area contributed by atoms with Crippen molar-refractivity contribution in [2.24, 2.45) is 0 Å². The maximum absolute atomic E-state index is 5.98. The lowest BCUT2D eigenvalue weighted by Crippen LogP contribution is -2.14. The number of nitrogens with one attached hydrogen (secondary N) is 1. The van der Waals surface area contributed by atoms with Crippen LogP contribution in [0.1, 0.15) is 24.1 Å². The Morgan fingerprint density at radius 1 is 1.14 bits per heavy atom. The number of benzene rings is 2. The Balaban J connectivity index is 1.91. The van der Waals surface area contributed by atoms with Crippen LogP contribution in [0.5, 0.6) is 5.75 Å². The van der Waals surface area contributed by atoms with E-state index in [-0.39, 0.29) is 0 Å². The second kappa shape index (κ2) is 8.11. The zero-order chi connectivity index (χ0) is 15.1. The molecule has 2 rings (SSSR count). The van der Waals surface area contributed by atoms with Crippen molar-refractivity contribution in [3.05, 3.63) is 59.7 Å². The lowest BCUT2D eigenvalue weighted by molar-refractivity contribution is 0.336. The molecule has 0 radical (unpaired) electrons. The van der Waals surface area contributed by atoms with Crippen LogP contribution in [0.4, 0.5) is 0 Å². The molecule has 0 aliphatic carbocycles. The summed E-state index contributed by atoms with van der Waals surface area (Å²) >= 11 is 1.82. The van der Waals surface area contributed by atoms with Crippen LogP contribution in [0.25, 0.3) is 0 Å². The van der Waals surface area contributed by atoms with Crippen molar-refractivity contribution in [3.63, 3.8) is 0 Å². The van der Waals surface area contributed by atoms with Gasteiger partial charge in [0, 0.05) is 22.3 Å². The van der Waals surface area contributed by atoms with Crippen molar-refractivity contribution in [2.45, 2.75) is 24.8 Å². The van der Waals surface area contributed by atoms with Gasteiger partial charge in [0.2, 0.25) is 0 Å². The predicted molar refractivity (Wildman–Crippen MR) is 91.3 cm³/mol. The third kappa shape index (κ3) is 4.80. The van der Waals surface area contributed by atoms with Crippen LogP contribution in [-0.2, 0) is 0 Å². The van der Waals surface area contributed by atoms with Gasteiger partial charge in [0.25, 0.3) is 0 Å². The predicted octanol–water partition coefficient (Wildman–Crippen LogP) is 4.45. The van der Waals surface area contributed by atoms with Gasteiger partial charge in [0.15, 0.2) is 0 Å². The largest absolute Gasteiger partial charge is 0.492 e. The molecule has 0 aliphatic heterocycles. The maximum atomic E-state index is 5.98. The fourth-order valence-electron chi connectivity index (χ4n) is 2.12. The van der Waals surface area contributed by atoms with Gasteiger partial charge in [-0.3, -0.25) is 0 Å². The molecule has 112 valence electrons. The highest BCUT2D eigenvalue weighted by atomic mass is 32.2. The van der Waals surface area contributed by atoms with Crippen LogP contribution in [0.2, 0.25) is 0 Å². The summed E-state index contributed by atoms with van der Waals surface area (Å²) in [5.74, 6) is 1.93. The highest BCUT2D eigenvalue weighted by molar-refractivity contribution is 7.99. The summed E-state index contributed by atoms with van der Waals surface area (Å²) < 4.78 is 5.98. The Morgan fingerprint density at radius 2 is 1.90 bits per heavy atom. The van der Waals surface area contributed by atoms with Gasteiger partial charge in [-0.1, -0.05) is 35.9 Å². The third-order valence-electron chi connectivity index (χ3n) is 3.42. The van der Waals surface area contributed by atoms with Crippen molar-refractivity contribution in [2.75, 3.05) is 19.4 Å². The first-order valence-corrected chi connectivity index (χ1v) is 8.27. The van der Waals surface area contributed by atoms with Gasteiger partial charge in [0.1, 0.15) is 5.75 Å². The molecule has 2 nitrogen and oxygen atoms in total. The monoisotopic (exact) mass is 301 g/mol. The molecular formula is C18H23NOS. The lowest BCUT2D eigenvalue weighted by atomic mass is 10.0. The Morgan fingerprint density at radius 3 is 2.62 bits per heavy atom. The van der Waals surface area contributed by atoms with Crippen molar-refractivity contribution >= 4 is 11.8 Å². The number of hydrogen-bond acceptors (Lipinski definition) is 3. The highest BCUT2D eigenvalue weighted by Gasteiger charge is 2.10. The van der Waals surface area contributed by atoms with Gasteiger partial charge in [-0.15, -0.1) is 11.8 Å². The van der Waals surface area contributed by atoms with E-state index in [0.717, 1.165) is 11.5 Å². The van der Waals surface area contributed by atoms with Gasteiger partial charge < -0.3 is 10.1 Å². The Labute approximate surface area is 131 Å². The molecule has 2 aromatic rings. The fraction of sp³-hybridized carbons (Fsp3) is 0.333. The van der Waals surface area contributed by atoms with E-state index in [1.807, 2.05) is 24.9 Å². The molecule has 0 aliphatic rings. The number of rotatable bonds is 7. The Bertz CT molecular complexity index is 556. The van der Waals surface area contributed by atoms with Crippen LogP contribution in [0.15, 0.2) is 53.4 Å². The summed E-state index contributed by atoms with van der Waals surface area (Å²) in [6, 6.07) is 17.1. The summed E-state index contributed by atoms with van der Waals surface area (Å²) in [7, 11) is 1.97. The molecule has 0 saturated heterocycles. The van der Waals surface area contributed by atoms with Crippen molar-refractivity contribution in [1.29, 1.82) is 0 Å². The standard InChI is InChI=1S/C18H23NOS/c1-14-9-10-18(17(13-14)15(2)19-3)20-11-12-21-16-7-5-4-6-8-16/h4-10,13,15,19H,11-12H2,1-3H3. The molecule has 3 heteroatoms. The van der Waals surface area contributed by atoms with E-state index >= 15 is 0 Å². The number of thioether (sulfide) groups is 1. The average molecular weight is 301 g/mol. The summed E-state index contributed by atoms with van der Waals surface area (Å²) in [5, 5.41) is 3.28. The zero-order valence-corrected chi connectivity index (χ0v) is 13.7. The molecule has 0 saturated carbocycles. The second-order valence-corrected chi connectivity index (χ2v) is 6.23. The van der Waals surface area contributed by atoms with Crippen LogP contribution in [-0.4, -0.2) is 19.4 Å². The summed E-state index contributed by atoms with van der Waals surface area (Å²) in [4.78, 5) is 1.29. The first-order valence-electron chi connectivity index (χ1n) is 7.29. The minimum absolute atomic E-state index is 0.293. The molecule has 2 aromatic carbocycles. The van der Waals surface area contributed by atoms with E-state index in [9.17, 15) is 0 Å². The average Bonchev–Trinajstić information content (AvgIpc) is 2.53. The van der Waals surface area contributed by atoms with E-state index < -0.39 is 0 Å². The van der Waals surface area contributed by atoms with Gasteiger partial charge >= 0.3 is 0 Å². The molecule has 0 bridgehead atoms. The smallest absolute Gasteiger partial charge is 0.124 e. The second-order valence-electron chi connectivity index (χ2n) is 5.06. The normalized spacial score (nSPS) is 12.1. The van der Waals surface area contributed by atoms with Gasteiger partial charge in [0.05, 0.1) is 6.61 Å². The Kier molecular flexibility index (Phi) is 6.15. The van der Waals surface area contributed by atoms with Gasteiger partial charge in [-0.25, -0.2) is 0 Å². The van der Waals surface area contributed by atoms with Crippen LogP contribution in [0, 0.1) is 6.92 Å². The molecule has 1 unspecified atom stereocenters. The fourth-order valence-corrected chi connectivity index (χ4v) is 2.87. The van der Waals surface area contributed by atoms with Crippen LogP contribution >= 0.6 is 11.8 Å². The van der Waals surface area contributed by atoms with E-state index in [1.165, 1.54) is 16.0 Å². The third-order valence-corrected chi connectivity index (χ3v) is 4.39. The lowest BCUT2D eigenvalue weighted by Gasteiger charge is -2.17. The molecule has 1 atom stereocenters.